The largest absolute Gasteiger partial charge is 0.491 e. The SMILES string of the molecule is N=C(N)c1ccc(-n2ccn(CC(=O)NCCCC(=O)OC(=O)C(F)(F)F)c2=O)cc1. The highest BCUT2D eigenvalue weighted by Crippen LogP contribution is 2.16. The summed E-state index contributed by atoms with van der Waals surface area (Å²) in [5.74, 6) is -4.64. The van der Waals surface area contributed by atoms with E-state index in [-0.39, 0.29) is 25.3 Å². The minimum atomic E-state index is -5.26. The number of amidine groups is 1. The molecular weight excluding hydrogens is 423 g/mol. The van der Waals surface area contributed by atoms with Gasteiger partial charge in [0.2, 0.25) is 5.91 Å². The van der Waals surface area contributed by atoms with Crippen LogP contribution < -0.4 is 16.7 Å². The van der Waals surface area contributed by atoms with Gasteiger partial charge in [0.15, 0.2) is 0 Å². The van der Waals surface area contributed by atoms with Crippen LogP contribution in [-0.4, -0.2) is 45.5 Å². The van der Waals surface area contributed by atoms with E-state index in [9.17, 15) is 32.3 Å². The molecule has 166 valence electrons. The zero-order valence-corrected chi connectivity index (χ0v) is 15.9. The number of halogens is 3. The van der Waals surface area contributed by atoms with Crippen LogP contribution in [0.25, 0.3) is 5.69 Å². The predicted octanol–water partition coefficient (Wildman–Crippen LogP) is 0.452. The van der Waals surface area contributed by atoms with Crippen LogP contribution in [0.1, 0.15) is 18.4 Å². The van der Waals surface area contributed by atoms with Crippen molar-refractivity contribution >= 4 is 23.7 Å². The van der Waals surface area contributed by atoms with Crippen LogP contribution >= 0.6 is 0 Å². The Balaban J connectivity index is 1.83. The molecule has 0 spiro atoms. The minimum absolute atomic E-state index is 0.0614. The molecule has 10 nitrogen and oxygen atoms in total. The van der Waals surface area contributed by atoms with Gasteiger partial charge < -0.3 is 15.8 Å². The first-order chi connectivity index (χ1) is 14.5. The normalized spacial score (nSPS) is 11.1. The van der Waals surface area contributed by atoms with Gasteiger partial charge in [-0.3, -0.25) is 24.1 Å². The zero-order chi connectivity index (χ0) is 23.2. The number of rotatable bonds is 8. The van der Waals surface area contributed by atoms with Gasteiger partial charge >= 0.3 is 23.8 Å². The molecule has 0 aliphatic rings. The highest BCUT2D eigenvalue weighted by molar-refractivity contribution is 5.95. The molecule has 2 aromatic rings. The lowest BCUT2D eigenvalue weighted by Gasteiger charge is -2.07. The summed E-state index contributed by atoms with van der Waals surface area (Å²) in [5, 5.41) is 9.76. The molecule has 2 rings (SSSR count). The van der Waals surface area contributed by atoms with Crippen LogP contribution in [0.15, 0.2) is 41.5 Å². The van der Waals surface area contributed by atoms with Crippen LogP contribution in [0.4, 0.5) is 13.2 Å². The summed E-state index contributed by atoms with van der Waals surface area (Å²) in [6.45, 7) is -0.398. The molecule has 1 aromatic heterocycles. The monoisotopic (exact) mass is 441 g/mol. The van der Waals surface area contributed by atoms with Crippen molar-refractivity contribution in [1.82, 2.24) is 14.5 Å². The summed E-state index contributed by atoms with van der Waals surface area (Å²) in [7, 11) is 0. The summed E-state index contributed by atoms with van der Waals surface area (Å²) in [5.41, 5.74) is 5.87. The third kappa shape index (κ3) is 6.55. The molecule has 0 aliphatic heterocycles. The van der Waals surface area contributed by atoms with Gasteiger partial charge in [-0.2, -0.15) is 13.2 Å². The molecule has 0 saturated heterocycles. The van der Waals surface area contributed by atoms with E-state index in [4.69, 9.17) is 11.1 Å². The molecule has 0 unspecified atom stereocenters. The molecule has 0 bridgehead atoms. The number of nitrogen functional groups attached to an aromatic ring is 1. The Kier molecular flexibility index (Phi) is 7.34. The van der Waals surface area contributed by atoms with Crippen molar-refractivity contribution in [2.75, 3.05) is 6.54 Å². The number of aromatic nitrogens is 2. The Bertz CT molecular complexity index is 1040. The quantitative estimate of drug-likeness (QED) is 0.178. The van der Waals surface area contributed by atoms with Crippen molar-refractivity contribution in [2.24, 2.45) is 5.73 Å². The second-order valence-electron chi connectivity index (χ2n) is 6.25. The summed E-state index contributed by atoms with van der Waals surface area (Å²) < 4.78 is 42.0. The number of nitrogens with one attached hydrogen (secondary N) is 2. The number of nitrogens with zero attached hydrogens (tertiary/aromatic N) is 2. The number of hydrogen-bond acceptors (Lipinski definition) is 6. The fourth-order valence-electron chi connectivity index (χ4n) is 2.41. The lowest BCUT2D eigenvalue weighted by Crippen LogP contribution is -2.33. The van der Waals surface area contributed by atoms with Gasteiger partial charge in [-0.25, -0.2) is 9.59 Å². The lowest BCUT2D eigenvalue weighted by molar-refractivity contribution is -0.201. The Morgan fingerprint density at radius 1 is 1.13 bits per heavy atom. The minimum Gasteiger partial charge on any atom is -0.386 e. The van der Waals surface area contributed by atoms with E-state index in [2.05, 4.69) is 10.1 Å². The number of imidazole rings is 1. The number of benzene rings is 1. The standard InChI is InChI=1S/C18H18F3N5O5/c19-18(20,21)16(29)31-14(28)2-1-7-24-13(27)10-25-8-9-26(17(25)30)12-5-3-11(4-6-12)15(22)23/h3-6,8-9H,1-2,7,10H2,(H3,22,23)(H,24,27). The van der Waals surface area contributed by atoms with E-state index in [0.717, 1.165) is 4.57 Å². The number of carbonyl (C=O) groups is 3. The Morgan fingerprint density at radius 2 is 1.77 bits per heavy atom. The molecule has 1 heterocycles. The van der Waals surface area contributed by atoms with Crippen molar-refractivity contribution in [2.45, 2.75) is 25.6 Å². The van der Waals surface area contributed by atoms with Gasteiger partial charge in [-0.1, -0.05) is 0 Å². The highest BCUT2D eigenvalue weighted by Gasteiger charge is 2.42. The van der Waals surface area contributed by atoms with Crippen LogP contribution in [0.3, 0.4) is 0 Å². The molecule has 4 N–H and O–H groups in total. The van der Waals surface area contributed by atoms with Crippen LogP contribution in [-0.2, 0) is 25.7 Å². The molecule has 0 aliphatic carbocycles. The van der Waals surface area contributed by atoms with Crippen LogP contribution in [0, 0.1) is 5.41 Å². The first-order valence-corrected chi connectivity index (χ1v) is 8.80. The molecule has 0 atom stereocenters. The number of carbonyl (C=O) groups excluding carboxylic acids is 3. The van der Waals surface area contributed by atoms with Crippen molar-refractivity contribution in [3.63, 3.8) is 0 Å². The molecule has 13 heteroatoms. The molecule has 1 amide bonds. The second kappa shape index (κ2) is 9.73. The molecular formula is C18H18F3N5O5. The molecule has 0 fully saturated rings. The van der Waals surface area contributed by atoms with E-state index < -0.39 is 36.1 Å². The first-order valence-electron chi connectivity index (χ1n) is 8.80. The maximum atomic E-state index is 12.4. The van der Waals surface area contributed by atoms with Crippen LogP contribution in [0.5, 0.6) is 0 Å². The van der Waals surface area contributed by atoms with Gasteiger partial charge in [0.05, 0.1) is 5.69 Å². The van der Waals surface area contributed by atoms with Crippen molar-refractivity contribution in [3.05, 3.63) is 52.7 Å². The number of nitrogens with two attached hydrogens (primary N) is 1. The summed E-state index contributed by atoms with van der Waals surface area (Å²) >= 11 is 0. The predicted molar refractivity (Wildman–Crippen MR) is 100 cm³/mol. The maximum Gasteiger partial charge on any atom is 0.491 e. The van der Waals surface area contributed by atoms with E-state index in [1.807, 2.05) is 0 Å². The van der Waals surface area contributed by atoms with Crippen molar-refractivity contribution in [1.29, 1.82) is 5.41 Å². The topological polar surface area (TPSA) is 149 Å². The Morgan fingerprint density at radius 3 is 2.35 bits per heavy atom. The fourth-order valence-corrected chi connectivity index (χ4v) is 2.41. The van der Waals surface area contributed by atoms with Gasteiger partial charge in [0.25, 0.3) is 0 Å². The second-order valence-corrected chi connectivity index (χ2v) is 6.25. The third-order valence-corrected chi connectivity index (χ3v) is 3.94. The smallest absolute Gasteiger partial charge is 0.386 e. The molecule has 0 radical (unpaired) electrons. The zero-order valence-electron chi connectivity index (χ0n) is 15.9. The number of alkyl halides is 3. The number of ether oxygens (including phenoxy) is 1. The summed E-state index contributed by atoms with van der Waals surface area (Å²) in [6.07, 6.45) is -2.99. The average Bonchev–Trinajstić information content (AvgIpc) is 3.04. The fraction of sp³-hybridized carbons (Fsp3) is 0.278. The molecule has 0 saturated carbocycles. The Hall–Kier alpha value is -3.90. The first kappa shape index (κ1) is 23.4. The maximum absolute atomic E-state index is 12.4. The average molecular weight is 441 g/mol. The number of hydrogen-bond donors (Lipinski definition) is 3. The number of amides is 1. The highest BCUT2D eigenvalue weighted by atomic mass is 19.4. The van der Waals surface area contributed by atoms with Crippen molar-refractivity contribution in [3.8, 4) is 5.69 Å². The van der Waals surface area contributed by atoms with Gasteiger partial charge in [-0.15, -0.1) is 0 Å². The third-order valence-electron chi connectivity index (χ3n) is 3.94. The van der Waals surface area contributed by atoms with E-state index in [0.29, 0.717) is 11.3 Å². The molecule has 1 aromatic carbocycles. The lowest BCUT2D eigenvalue weighted by atomic mass is 10.2. The van der Waals surface area contributed by atoms with Crippen molar-refractivity contribution < 1.29 is 32.3 Å². The van der Waals surface area contributed by atoms with E-state index in [1.165, 1.54) is 17.0 Å². The van der Waals surface area contributed by atoms with E-state index >= 15 is 0 Å². The summed E-state index contributed by atoms with van der Waals surface area (Å²) in [4.78, 5) is 46.0. The van der Waals surface area contributed by atoms with Gasteiger partial charge in [0, 0.05) is 30.9 Å². The van der Waals surface area contributed by atoms with Gasteiger partial charge in [-0.05, 0) is 30.7 Å². The Labute approximate surface area is 172 Å². The van der Waals surface area contributed by atoms with E-state index in [1.54, 1.807) is 24.3 Å². The van der Waals surface area contributed by atoms with Gasteiger partial charge in [0.1, 0.15) is 12.4 Å². The number of esters is 2. The summed E-state index contributed by atoms with van der Waals surface area (Å²) in [6, 6.07) is 6.32. The molecule has 31 heavy (non-hydrogen) atoms. The van der Waals surface area contributed by atoms with Crippen LogP contribution in [0.2, 0.25) is 0 Å².